The third kappa shape index (κ3) is 3.74. The van der Waals surface area contributed by atoms with Crippen LogP contribution in [0, 0.1) is 0 Å². The van der Waals surface area contributed by atoms with Gasteiger partial charge in [0, 0.05) is 23.7 Å². The van der Waals surface area contributed by atoms with Gasteiger partial charge < -0.3 is 10.8 Å². The number of carbonyl (C=O) groups is 1. The number of rotatable bonds is 6. The number of hydrogen-bond donors (Lipinski definition) is 2. The fraction of sp³-hybridized carbons (Fsp3) is 0.636. The summed E-state index contributed by atoms with van der Waals surface area (Å²) < 4.78 is 1.36. The van der Waals surface area contributed by atoms with Crippen molar-refractivity contribution in [1.82, 2.24) is 9.78 Å². The Balaban J connectivity index is 2.45. The zero-order chi connectivity index (χ0) is 13.1. The second-order valence-corrected chi connectivity index (χ2v) is 6.21. The third-order valence-corrected chi connectivity index (χ3v) is 4.18. The molecule has 1 aromatic rings. The number of thioether (sulfide) groups is 1. The van der Waals surface area contributed by atoms with Crippen LogP contribution in [-0.2, 0) is 18.3 Å². The van der Waals surface area contributed by atoms with Crippen LogP contribution >= 0.6 is 11.8 Å². The highest BCUT2D eigenvalue weighted by atomic mass is 32.2. The standard InChI is InChI=1S/C11H19N3O2S/c1-11(2,9(12)10(15)16)17-7-5-8-4-6-13-14(8)3/h4,6,9H,5,7,12H2,1-3H3,(H,15,16)/t9-/m0/s1. The van der Waals surface area contributed by atoms with Gasteiger partial charge >= 0.3 is 5.97 Å². The molecular formula is C11H19N3O2S. The lowest BCUT2D eigenvalue weighted by Gasteiger charge is -2.27. The second-order valence-electron chi connectivity index (χ2n) is 4.46. The Bertz CT molecular complexity index is 390. The van der Waals surface area contributed by atoms with Gasteiger partial charge in [-0.25, -0.2) is 0 Å². The van der Waals surface area contributed by atoms with E-state index < -0.39 is 16.8 Å². The molecule has 3 N–H and O–H groups in total. The molecule has 0 aromatic carbocycles. The summed E-state index contributed by atoms with van der Waals surface area (Å²) in [5.41, 5.74) is 6.78. The van der Waals surface area contributed by atoms with E-state index in [0.29, 0.717) is 0 Å². The molecule has 0 radical (unpaired) electrons. The molecule has 1 aromatic heterocycles. The van der Waals surface area contributed by atoms with Crippen LogP contribution in [0.3, 0.4) is 0 Å². The molecule has 0 aliphatic heterocycles. The Morgan fingerprint density at radius 2 is 2.35 bits per heavy atom. The van der Waals surface area contributed by atoms with Crippen molar-refractivity contribution in [3.63, 3.8) is 0 Å². The van der Waals surface area contributed by atoms with E-state index >= 15 is 0 Å². The highest BCUT2D eigenvalue weighted by Gasteiger charge is 2.32. The van der Waals surface area contributed by atoms with Gasteiger partial charge in [-0.15, -0.1) is 0 Å². The van der Waals surface area contributed by atoms with Gasteiger partial charge in [0.15, 0.2) is 0 Å². The van der Waals surface area contributed by atoms with Crippen LogP contribution in [0.4, 0.5) is 0 Å². The molecule has 0 unspecified atom stereocenters. The number of aliphatic carboxylic acids is 1. The first-order chi connectivity index (χ1) is 7.84. The van der Waals surface area contributed by atoms with Gasteiger partial charge in [0.25, 0.3) is 0 Å². The van der Waals surface area contributed by atoms with Gasteiger partial charge in [-0.2, -0.15) is 16.9 Å². The number of aryl methyl sites for hydroxylation is 2. The number of nitrogens with two attached hydrogens (primary N) is 1. The minimum atomic E-state index is -0.956. The average Bonchev–Trinajstić information content (AvgIpc) is 2.63. The van der Waals surface area contributed by atoms with E-state index in [1.165, 1.54) is 0 Å². The summed E-state index contributed by atoms with van der Waals surface area (Å²) in [7, 11) is 1.90. The van der Waals surface area contributed by atoms with Gasteiger partial charge in [0.1, 0.15) is 6.04 Å². The molecule has 1 heterocycles. The van der Waals surface area contributed by atoms with E-state index in [0.717, 1.165) is 17.9 Å². The lowest BCUT2D eigenvalue weighted by atomic mass is 10.1. The number of aromatic nitrogens is 2. The van der Waals surface area contributed by atoms with E-state index in [1.807, 2.05) is 31.6 Å². The minimum Gasteiger partial charge on any atom is -0.480 e. The summed E-state index contributed by atoms with van der Waals surface area (Å²) in [5.74, 6) is -0.129. The van der Waals surface area contributed by atoms with Crippen molar-refractivity contribution in [3.8, 4) is 0 Å². The van der Waals surface area contributed by atoms with Gasteiger partial charge in [-0.05, 0) is 32.1 Å². The van der Waals surface area contributed by atoms with E-state index in [9.17, 15) is 4.79 Å². The SMILES string of the molecule is Cn1nccc1CCSC(C)(C)[C@@H](N)C(=O)O. The summed E-state index contributed by atoms with van der Waals surface area (Å²) in [6.07, 6.45) is 2.62. The van der Waals surface area contributed by atoms with Gasteiger partial charge in [0.2, 0.25) is 0 Å². The lowest BCUT2D eigenvalue weighted by molar-refractivity contribution is -0.139. The van der Waals surface area contributed by atoms with Crippen molar-refractivity contribution in [3.05, 3.63) is 18.0 Å². The second kappa shape index (κ2) is 5.55. The van der Waals surface area contributed by atoms with Crippen LogP contribution in [-0.4, -0.2) is 37.4 Å². The first kappa shape index (κ1) is 14.1. The number of carboxylic acids is 1. The van der Waals surface area contributed by atoms with Crippen LogP contribution in [0.2, 0.25) is 0 Å². The quantitative estimate of drug-likeness (QED) is 0.791. The molecule has 0 aliphatic carbocycles. The number of hydrogen-bond acceptors (Lipinski definition) is 4. The maximum absolute atomic E-state index is 10.8. The summed E-state index contributed by atoms with van der Waals surface area (Å²) in [6, 6.07) is 1.11. The fourth-order valence-corrected chi connectivity index (χ4v) is 2.57. The first-order valence-electron chi connectivity index (χ1n) is 5.44. The molecule has 96 valence electrons. The molecule has 0 aliphatic rings. The Morgan fingerprint density at radius 1 is 1.71 bits per heavy atom. The Kier molecular flexibility index (Phi) is 4.59. The Hall–Kier alpha value is -1.01. The first-order valence-corrected chi connectivity index (χ1v) is 6.42. The Morgan fingerprint density at radius 3 is 2.82 bits per heavy atom. The molecule has 0 fully saturated rings. The third-order valence-electron chi connectivity index (χ3n) is 2.77. The minimum absolute atomic E-state index is 0.468. The van der Waals surface area contributed by atoms with Crippen molar-refractivity contribution in [2.75, 3.05) is 5.75 Å². The van der Waals surface area contributed by atoms with Crippen molar-refractivity contribution < 1.29 is 9.90 Å². The molecule has 0 bridgehead atoms. The molecule has 5 nitrogen and oxygen atoms in total. The molecule has 0 saturated carbocycles. The van der Waals surface area contributed by atoms with Crippen LogP contribution in [0.25, 0.3) is 0 Å². The van der Waals surface area contributed by atoms with E-state index in [-0.39, 0.29) is 0 Å². The van der Waals surface area contributed by atoms with E-state index in [4.69, 9.17) is 10.8 Å². The highest BCUT2D eigenvalue weighted by molar-refractivity contribution is 8.00. The number of carboxylic acid groups (broad SMARTS) is 1. The molecule has 1 rings (SSSR count). The summed E-state index contributed by atoms with van der Waals surface area (Å²) in [4.78, 5) is 10.8. The normalized spacial score (nSPS) is 13.6. The molecule has 0 amide bonds. The maximum atomic E-state index is 10.8. The average molecular weight is 257 g/mol. The van der Waals surface area contributed by atoms with Crippen molar-refractivity contribution >= 4 is 17.7 Å². The zero-order valence-corrected chi connectivity index (χ0v) is 11.2. The van der Waals surface area contributed by atoms with Gasteiger partial charge in [-0.1, -0.05) is 0 Å². The van der Waals surface area contributed by atoms with Crippen molar-refractivity contribution in [2.24, 2.45) is 12.8 Å². The predicted octanol–water partition coefficient (Wildman–Crippen LogP) is 0.886. The molecule has 6 heteroatoms. The van der Waals surface area contributed by atoms with Crippen LogP contribution in [0.5, 0.6) is 0 Å². The summed E-state index contributed by atoms with van der Waals surface area (Å²) in [5, 5.41) is 13.0. The summed E-state index contributed by atoms with van der Waals surface area (Å²) >= 11 is 1.58. The van der Waals surface area contributed by atoms with Crippen LogP contribution in [0.15, 0.2) is 12.3 Å². The number of nitrogens with zero attached hydrogens (tertiary/aromatic N) is 2. The predicted molar refractivity (Wildman–Crippen MR) is 69.1 cm³/mol. The fourth-order valence-electron chi connectivity index (χ4n) is 1.45. The van der Waals surface area contributed by atoms with Crippen molar-refractivity contribution in [1.29, 1.82) is 0 Å². The molecular weight excluding hydrogens is 238 g/mol. The molecule has 0 spiro atoms. The monoisotopic (exact) mass is 257 g/mol. The Labute approximate surface area is 105 Å². The summed E-state index contributed by atoms with van der Waals surface area (Å²) in [6.45, 7) is 3.72. The van der Waals surface area contributed by atoms with Crippen LogP contribution < -0.4 is 5.73 Å². The maximum Gasteiger partial charge on any atom is 0.321 e. The largest absolute Gasteiger partial charge is 0.480 e. The lowest BCUT2D eigenvalue weighted by Crippen LogP contribution is -2.46. The van der Waals surface area contributed by atoms with Gasteiger partial charge in [-0.3, -0.25) is 9.48 Å². The molecule has 0 saturated heterocycles. The molecule has 17 heavy (non-hydrogen) atoms. The zero-order valence-electron chi connectivity index (χ0n) is 10.4. The highest BCUT2D eigenvalue weighted by Crippen LogP contribution is 2.28. The molecule has 1 atom stereocenters. The van der Waals surface area contributed by atoms with Gasteiger partial charge in [0.05, 0.1) is 0 Å². The van der Waals surface area contributed by atoms with Crippen molar-refractivity contribution in [2.45, 2.75) is 31.1 Å². The van der Waals surface area contributed by atoms with Crippen LogP contribution in [0.1, 0.15) is 19.5 Å². The smallest absolute Gasteiger partial charge is 0.321 e. The van der Waals surface area contributed by atoms with E-state index in [2.05, 4.69) is 5.10 Å². The van der Waals surface area contributed by atoms with E-state index in [1.54, 1.807) is 18.0 Å². The topological polar surface area (TPSA) is 81.1 Å².